The van der Waals surface area contributed by atoms with Crippen molar-refractivity contribution in [2.45, 2.75) is 26.2 Å². The van der Waals surface area contributed by atoms with Crippen LogP contribution in [0, 0.1) is 5.41 Å². The standard InChI is InChI=1S/C22H23N3O3/c1-2-28-20(26)12-14-3-4-15-5-6-17(13-18(15)11-14)22(27)25-19-9-7-16(8-10-19)21(23)24/h5-11,13H,2-4,12H2,1H3,(H3,23,24)(H,25,27). The lowest BCUT2D eigenvalue weighted by Crippen LogP contribution is -2.14. The van der Waals surface area contributed by atoms with E-state index in [9.17, 15) is 9.59 Å². The van der Waals surface area contributed by atoms with Crippen LogP contribution in [-0.4, -0.2) is 24.3 Å². The van der Waals surface area contributed by atoms with Crippen molar-refractivity contribution in [1.82, 2.24) is 0 Å². The number of esters is 1. The molecule has 28 heavy (non-hydrogen) atoms. The molecule has 0 aliphatic heterocycles. The largest absolute Gasteiger partial charge is 0.466 e. The molecule has 1 amide bonds. The van der Waals surface area contributed by atoms with Gasteiger partial charge in [0.2, 0.25) is 0 Å². The molecule has 1 aliphatic rings. The highest BCUT2D eigenvalue weighted by Gasteiger charge is 2.16. The molecule has 0 atom stereocenters. The van der Waals surface area contributed by atoms with Crippen LogP contribution in [0.2, 0.25) is 0 Å². The van der Waals surface area contributed by atoms with Crippen LogP contribution >= 0.6 is 0 Å². The Kier molecular flexibility index (Phi) is 5.89. The van der Waals surface area contributed by atoms with E-state index in [0.29, 0.717) is 23.4 Å². The summed E-state index contributed by atoms with van der Waals surface area (Å²) in [7, 11) is 0. The molecule has 144 valence electrons. The summed E-state index contributed by atoms with van der Waals surface area (Å²) in [6.45, 7) is 2.17. The molecular weight excluding hydrogens is 354 g/mol. The predicted molar refractivity (Wildman–Crippen MR) is 109 cm³/mol. The minimum absolute atomic E-state index is 0.0158. The summed E-state index contributed by atoms with van der Waals surface area (Å²) in [5.74, 6) is -0.456. The van der Waals surface area contributed by atoms with Gasteiger partial charge in [-0.2, -0.15) is 0 Å². The first-order valence-corrected chi connectivity index (χ1v) is 9.20. The Morgan fingerprint density at radius 2 is 1.82 bits per heavy atom. The number of carbonyl (C=O) groups excluding carboxylic acids is 2. The SMILES string of the molecule is CCOC(=O)CC1=Cc2cc(C(=O)Nc3ccc(C(=N)N)cc3)ccc2CC1. The van der Waals surface area contributed by atoms with Gasteiger partial charge in [-0.15, -0.1) is 0 Å². The third-order valence-electron chi connectivity index (χ3n) is 4.61. The van der Waals surface area contributed by atoms with Gasteiger partial charge >= 0.3 is 5.97 Å². The normalized spacial score (nSPS) is 12.5. The molecule has 3 rings (SSSR count). The van der Waals surface area contributed by atoms with E-state index in [1.54, 1.807) is 31.2 Å². The summed E-state index contributed by atoms with van der Waals surface area (Å²) in [5.41, 5.74) is 10.4. The molecule has 0 heterocycles. The molecule has 0 unspecified atom stereocenters. The molecule has 6 nitrogen and oxygen atoms in total. The van der Waals surface area contributed by atoms with Gasteiger partial charge in [-0.3, -0.25) is 15.0 Å². The minimum atomic E-state index is -0.222. The van der Waals surface area contributed by atoms with Crippen LogP contribution in [0.5, 0.6) is 0 Å². The molecule has 0 saturated carbocycles. The van der Waals surface area contributed by atoms with E-state index in [2.05, 4.69) is 5.32 Å². The van der Waals surface area contributed by atoms with Crippen LogP contribution in [0.3, 0.4) is 0 Å². The van der Waals surface area contributed by atoms with Gasteiger partial charge in [-0.1, -0.05) is 17.7 Å². The van der Waals surface area contributed by atoms with Gasteiger partial charge in [0.25, 0.3) is 5.91 Å². The number of ether oxygens (including phenoxy) is 1. The zero-order valence-electron chi connectivity index (χ0n) is 15.7. The Morgan fingerprint density at radius 3 is 2.50 bits per heavy atom. The maximum absolute atomic E-state index is 12.6. The third kappa shape index (κ3) is 4.65. The number of carbonyl (C=O) groups is 2. The molecule has 0 fully saturated rings. The van der Waals surface area contributed by atoms with Crippen molar-refractivity contribution in [3.63, 3.8) is 0 Å². The van der Waals surface area contributed by atoms with E-state index in [1.165, 1.54) is 0 Å². The van der Waals surface area contributed by atoms with Crippen molar-refractivity contribution in [3.05, 3.63) is 70.3 Å². The number of hydrogen-bond acceptors (Lipinski definition) is 4. The highest BCUT2D eigenvalue weighted by molar-refractivity contribution is 6.05. The van der Waals surface area contributed by atoms with Gasteiger partial charge in [0, 0.05) is 16.8 Å². The topological polar surface area (TPSA) is 105 Å². The predicted octanol–water partition coefficient (Wildman–Crippen LogP) is 3.51. The lowest BCUT2D eigenvalue weighted by molar-refractivity contribution is -0.142. The number of fused-ring (bicyclic) bond motifs is 1. The smallest absolute Gasteiger partial charge is 0.309 e. The molecule has 6 heteroatoms. The molecule has 0 saturated heterocycles. The average molecular weight is 377 g/mol. The second-order valence-electron chi connectivity index (χ2n) is 6.64. The molecule has 0 spiro atoms. The first-order valence-electron chi connectivity index (χ1n) is 9.20. The zero-order valence-corrected chi connectivity index (χ0v) is 15.7. The average Bonchev–Trinajstić information content (AvgIpc) is 2.68. The van der Waals surface area contributed by atoms with Crippen molar-refractivity contribution in [2.24, 2.45) is 5.73 Å². The number of nitrogen functional groups attached to an aromatic ring is 1. The molecule has 1 aliphatic carbocycles. The third-order valence-corrected chi connectivity index (χ3v) is 4.61. The van der Waals surface area contributed by atoms with Gasteiger partial charge in [0.15, 0.2) is 0 Å². The zero-order chi connectivity index (χ0) is 20.1. The monoisotopic (exact) mass is 377 g/mol. The Labute approximate surface area is 163 Å². The van der Waals surface area contributed by atoms with Crippen LogP contribution in [0.25, 0.3) is 6.08 Å². The lowest BCUT2D eigenvalue weighted by Gasteiger charge is -2.17. The summed E-state index contributed by atoms with van der Waals surface area (Å²) >= 11 is 0. The number of benzene rings is 2. The molecule has 0 aromatic heterocycles. The summed E-state index contributed by atoms with van der Waals surface area (Å²) in [6, 6.07) is 12.4. The van der Waals surface area contributed by atoms with Crippen LogP contribution in [0.1, 0.15) is 46.8 Å². The number of amidine groups is 1. The summed E-state index contributed by atoms with van der Waals surface area (Å²) < 4.78 is 5.02. The van der Waals surface area contributed by atoms with Crippen molar-refractivity contribution in [2.75, 3.05) is 11.9 Å². The summed E-state index contributed by atoms with van der Waals surface area (Å²) in [6.07, 6.45) is 3.93. The van der Waals surface area contributed by atoms with E-state index < -0.39 is 0 Å². The van der Waals surface area contributed by atoms with Gasteiger partial charge in [0.05, 0.1) is 13.0 Å². The maximum Gasteiger partial charge on any atom is 0.309 e. The highest BCUT2D eigenvalue weighted by atomic mass is 16.5. The second kappa shape index (κ2) is 8.52. The summed E-state index contributed by atoms with van der Waals surface area (Å²) in [5, 5.41) is 10.3. The quantitative estimate of drug-likeness (QED) is 0.407. The number of aryl methyl sites for hydroxylation is 1. The number of nitrogens with one attached hydrogen (secondary N) is 2. The van der Waals surface area contributed by atoms with Gasteiger partial charge < -0.3 is 15.8 Å². The van der Waals surface area contributed by atoms with Crippen molar-refractivity contribution in [1.29, 1.82) is 5.41 Å². The van der Waals surface area contributed by atoms with E-state index >= 15 is 0 Å². The van der Waals surface area contributed by atoms with Gasteiger partial charge in [0.1, 0.15) is 5.84 Å². The fourth-order valence-electron chi connectivity index (χ4n) is 3.16. The van der Waals surface area contributed by atoms with Crippen molar-refractivity contribution >= 4 is 29.5 Å². The van der Waals surface area contributed by atoms with Crippen molar-refractivity contribution in [3.8, 4) is 0 Å². The van der Waals surface area contributed by atoms with Gasteiger partial charge in [-0.25, -0.2) is 0 Å². The van der Waals surface area contributed by atoms with Crippen LogP contribution in [-0.2, 0) is 16.0 Å². The van der Waals surface area contributed by atoms with E-state index in [1.807, 2.05) is 24.3 Å². The Bertz CT molecular complexity index is 946. The van der Waals surface area contributed by atoms with Crippen LogP contribution < -0.4 is 11.1 Å². The number of nitrogens with two attached hydrogens (primary N) is 1. The molecule has 2 aromatic rings. The first-order chi connectivity index (χ1) is 13.5. The Morgan fingerprint density at radius 1 is 1.11 bits per heavy atom. The van der Waals surface area contributed by atoms with E-state index in [0.717, 1.165) is 29.5 Å². The molecule has 0 bridgehead atoms. The first kappa shape index (κ1) is 19.4. The van der Waals surface area contributed by atoms with E-state index in [4.69, 9.17) is 15.9 Å². The van der Waals surface area contributed by atoms with Gasteiger partial charge in [-0.05, 0) is 67.3 Å². The van der Waals surface area contributed by atoms with Crippen LogP contribution in [0.15, 0.2) is 48.0 Å². The Hall–Kier alpha value is -3.41. The number of rotatable bonds is 6. The fourth-order valence-corrected chi connectivity index (χ4v) is 3.16. The molecule has 2 aromatic carbocycles. The highest BCUT2D eigenvalue weighted by Crippen LogP contribution is 2.27. The molecule has 0 radical (unpaired) electrons. The van der Waals surface area contributed by atoms with Crippen LogP contribution in [0.4, 0.5) is 5.69 Å². The minimum Gasteiger partial charge on any atom is -0.466 e. The fraction of sp³-hybridized carbons (Fsp3) is 0.227. The number of hydrogen-bond donors (Lipinski definition) is 3. The molecular formula is C22H23N3O3. The number of amides is 1. The molecule has 4 N–H and O–H groups in total. The summed E-state index contributed by atoms with van der Waals surface area (Å²) in [4.78, 5) is 24.3. The Balaban J connectivity index is 1.74. The maximum atomic E-state index is 12.6. The van der Waals surface area contributed by atoms with Crippen molar-refractivity contribution < 1.29 is 14.3 Å². The van der Waals surface area contributed by atoms with E-state index in [-0.39, 0.29) is 24.1 Å². The lowest BCUT2D eigenvalue weighted by atomic mass is 9.89. The number of anilines is 1. The second-order valence-corrected chi connectivity index (χ2v) is 6.64.